The van der Waals surface area contributed by atoms with Crippen LogP contribution in [0, 0.1) is 11.6 Å². The van der Waals surface area contributed by atoms with E-state index in [0.29, 0.717) is 12.1 Å². The van der Waals surface area contributed by atoms with E-state index in [1.54, 1.807) is 24.3 Å². The molecule has 0 saturated carbocycles. The van der Waals surface area contributed by atoms with Crippen molar-refractivity contribution < 1.29 is 8.78 Å². The molecule has 1 N–H and O–H groups in total. The van der Waals surface area contributed by atoms with Gasteiger partial charge in [-0.05, 0) is 30.3 Å². The van der Waals surface area contributed by atoms with Gasteiger partial charge in [0.05, 0.1) is 11.1 Å². The zero-order valence-electron chi connectivity index (χ0n) is 10.5. The Bertz CT molecular complexity index is 555. The van der Waals surface area contributed by atoms with Crippen LogP contribution in [0.15, 0.2) is 42.5 Å². The van der Waals surface area contributed by atoms with Gasteiger partial charge >= 0.3 is 0 Å². The van der Waals surface area contributed by atoms with Crippen LogP contribution in [0.5, 0.6) is 0 Å². The van der Waals surface area contributed by atoms with Gasteiger partial charge in [0, 0.05) is 5.56 Å². The summed E-state index contributed by atoms with van der Waals surface area (Å²) in [6.45, 7) is 2.59. The first kappa shape index (κ1) is 14.0. The van der Waals surface area contributed by atoms with Crippen LogP contribution in [-0.2, 0) is 0 Å². The summed E-state index contributed by atoms with van der Waals surface area (Å²) in [7, 11) is 0. The molecule has 2 aromatic rings. The topological polar surface area (TPSA) is 12.0 Å². The molecule has 0 fully saturated rings. The summed E-state index contributed by atoms with van der Waals surface area (Å²) in [6.07, 6.45) is 0. The van der Waals surface area contributed by atoms with E-state index in [9.17, 15) is 8.78 Å². The number of rotatable bonds is 4. The quantitative estimate of drug-likeness (QED) is 0.880. The number of benzene rings is 2. The average molecular weight is 282 g/mol. The van der Waals surface area contributed by atoms with E-state index < -0.39 is 5.82 Å². The first-order chi connectivity index (χ1) is 9.13. The summed E-state index contributed by atoms with van der Waals surface area (Å²) in [6, 6.07) is 10.6. The first-order valence-electron chi connectivity index (χ1n) is 6.06. The van der Waals surface area contributed by atoms with Crippen molar-refractivity contribution in [2.45, 2.75) is 13.0 Å². The van der Waals surface area contributed by atoms with Crippen molar-refractivity contribution in [3.8, 4) is 0 Å². The minimum Gasteiger partial charge on any atom is -0.306 e. The van der Waals surface area contributed by atoms with E-state index >= 15 is 0 Å². The summed E-state index contributed by atoms with van der Waals surface area (Å²) >= 11 is 5.81. The molecular weight excluding hydrogens is 268 g/mol. The summed E-state index contributed by atoms with van der Waals surface area (Å²) < 4.78 is 27.1. The van der Waals surface area contributed by atoms with Crippen LogP contribution in [0.4, 0.5) is 8.78 Å². The molecule has 0 aromatic heterocycles. The van der Waals surface area contributed by atoms with Gasteiger partial charge in [-0.3, -0.25) is 0 Å². The fourth-order valence-electron chi connectivity index (χ4n) is 2.01. The maximum Gasteiger partial charge on any atom is 0.146 e. The molecule has 1 atom stereocenters. The first-order valence-corrected chi connectivity index (χ1v) is 6.44. The molecule has 0 radical (unpaired) electrons. The average Bonchev–Trinajstić information content (AvgIpc) is 2.41. The Morgan fingerprint density at radius 2 is 1.79 bits per heavy atom. The Balaban J connectivity index is 2.45. The maximum absolute atomic E-state index is 14.1. The molecule has 100 valence electrons. The largest absolute Gasteiger partial charge is 0.306 e. The molecule has 0 saturated heterocycles. The van der Waals surface area contributed by atoms with Crippen molar-refractivity contribution in [3.05, 3.63) is 70.2 Å². The van der Waals surface area contributed by atoms with Crippen molar-refractivity contribution in [1.82, 2.24) is 5.32 Å². The van der Waals surface area contributed by atoms with Crippen LogP contribution < -0.4 is 5.32 Å². The van der Waals surface area contributed by atoms with E-state index in [1.165, 1.54) is 18.2 Å². The Morgan fingerprint density at radius 1 is 1.11 bits per heavy atom. The Morgan fingerprint density at radius 3 is 2.42 bits per heavy atom. The number of nitrogens with one attached hydrogen (secondary N) is 1. The highest BCUT2D eigenvalue weighted by Gasteiger charge is 2.18. The highest BCUT2D eigenvalue weighted by Crippen LogP contribution is 2.28. The fourth-order valence-corrected chi connectivity index (χ4v) is 2.19. The van der Waals surface area contributed by atoms with E-state index in [0.717, 1.165) is 5.56 Å². The Labute approximate surface area is 116 Å². The number of hydrogen-bond donors (Lipinski definition) is 1. The number of hydrogen-bond acceptors (Lipinski definition) is 1. The molecule has 0 aliphatic heterocycles. The highest BCUT2D eigenvalue weighted by molar-refractivity contribution is 6.30. The lowest BCUT2D eigenvalue weighted by Crippen LogP contribution is -2.23. The van der Waals surface area contributed by atoms with Gasteiger partial charge < -0.3 is 5.32 Å². The smallest absolute Gasteiger partial charge is 0.146 e. The lowest BCUT2D eigenvalue weighted by atomic mass is 9.98. The molecule has 0 aliphatic rings. The molecule has 0 aliphatic carbocycles. The van der Waals surface area contributed by atoms with Crippen LogP contribution in [0.3, 0.4) is 0 Å². The van der Waals surface area contributed by atoms with Gasteiger partial charge in [0.1, 0.15) is 11.6 Å². The van der Waals surface area contributed by atoms with Gasteiger partial charge in [-0.2, -0.15) is 0 Å². The van der Waals surface area contributed by atoms with Crippen LogP contribution in [0.2, 0.25) is 5.02 Å². The van der Waals surface area contributed by atoms with Crippen molar-refractivity contribution in [2.75, 3.05) is 6.54 Å². The minimum atomic E-state index is -0.445. The predicted octanol–water partition coefficient (Wildman–Crippen LogP) is 4.32. The summed E-state index contributed by atoms with van der Waals surface area (Å²) in [5.74, 6) is -0.759. The highest BCUT2D eigenvalue weighted by atomic mass is 35.5. The van der Waals surface area contributed by atoms with E-state index in [4.69, 9.17) is 11.6 Å². The van der Waals surface area contributed by atoms with Gasteiger partial charge in [0.15, 0.2) is 0 Å². The monoisotopic (exact) mass is 281 g/mol. The summed E-state index contributed by atoms with van der Waals surface area (Å²) in [5.41, 5.74) is 1.25. The van der Waals surface area contributed by atoms with Gasteiger partial charge in [0.25, 0.3) is 0 Å². The van der Waals surface area contributed by atoms with Gasteiger partial charge in [-0.15, -0.1) is 0 Å². The molecule has 4 heteroatoms. The third-order valence-corrected chi connectivity index (χ3v) is 3.20. The molecule has 1 unspecified atom stereocenters. The summed E-state index contributed by atoms with van der Waals surface area (Å²) in [5, 5.41) is 3.27. The number of halogens is 3. The SMILES string of the molecule is CCNC(c1ccc(F)cc1)c1cccc(Cl)c1F. The second-order valence-electron chi connectivity index (χ2n) is 4.19. The minimum absolute atomic E-state index is 0.0857. The Hall–Kier alpha value is -1.45. The molecule has 0 heterocycles. The Kier molecular flexibility index (Phi) is 4.51. The molecule has 2 aromatic carbocycles. The molecule has 19 heavy (non-hydrogen) atoms. The van der Waals surface area contributed by atoms with Crippen molar-refractivity contribution in [3.63, 3.8) is 0 Å². The maximum atomic E-state index is 14.1. The van der Waals surface area contributed by atoms with Gasteiger partial charge in [-0.25, -0.2) is 8.78 Å². The van der Waals surface area contributed by atoms with E-state index in [-0.39, 0.29) is 16.9 Å². The predicted molar refractivity (Wildman–Crippen MR) is 73.3 cm³/mol. The molecule has 0 spiro atoms. The zero-order valence-corrected chi connectivity index (χ0v) is 11.2. The normalized spacial score (nSPS) is 12.4. The molecular formula is C15H14ClF2N. The van der Waals surface area contributed by atoms with Gasteiger partial charge in [0.2, 0.25) is 0 Å². The van der Waals surface area contributed by atoms with Crippen LogP contribution in [0.25, 0.3) is 0 Å². The van der Waals surface area contributed by atoms with Crippen molar-refractivity contribution in [1.29, 1.82) is 0 Å². The van der Waals surface area contributed by atoms with Crippen molar-refractivity contribution >= 4 is 11.6 Å². The summed E-state index contributed by atoms with van der Waals surface area (Å²) in [4.78, 5) is 0. The third-order valence-electron chi connectivity index (χ3n) is 2.90. The lowest BCUT2D eigenvalue weighted by molar-refractivity contribution is 0.558. The molecule has 1 nitrogen and oxygen atoms in total. The van der Waals surface area contributed by atoms with E-state index in [2.05, 4.69) is 5.32 Å². The van der Waals surface area contributed by atoms with Crippen LogP contribution >= 0.6 is 11.6 Å². The van der Waals surface area contributed by atoms with Crippen molar-refractivity contribution in [2.24, 2.45) is 0 Å². The van der Waals surface area contributed by atoms with Crippen LogP contribution in [0.1, 0.15) is 24.1 Å². The standard InChI is InChI=1S/C15H14ClF2N/c1-2-19-15(10-6-8-11(17)9-7-10)12-4-3-5-13(16)14(12)18/h3-9,15,19H,2H2,1H3. The van der Waals surface area contributed by atoms with Crippen LogP contribution in [-0.4, -0.2) is 6.54 Å². The molecule has 2 rings (SSSR count). The third kappa shape index (κ3) is 3.11. The van der Waals surface area contributed by atoms with Gasteiger partial charge in [-0.1, -0.05) is 42.8 Å². The fraction of sp³-hybridized carbons (Fsp3) is 0.200. The second kappa shape index (κ2) is 6.13. The molecule has 0 bridgehead atoms. The zero-order chi connectivity index (χ0) is 13.8. The second-order valence-corrected chi connectivity index (χ2v) is 4.59. The lowest BCUT2D eigenvalue weighted by Gasteiger charge is -2.20. The van der Waals surface area contributed by atoms with E-state index in [1.807, 2.05) is 6.92 Å². The molecule has 0 amide bonds.